The van der Waals surface area contributed by atoms with Crippen LogP contribution in [0.15, 0.2) is 60.7 Å². The van der Waals surface area contributed by atoms with Crippen LogP contribution in [0.25, 0.3) is 10.4 Å². The molecule has 0 fully saturated rings. The Morgan fingerprint density at radius 1 is 0.875 bits per heavy atom. The summed E-state index contributed by atoms with van der Waals surface area (Å²) in [6, 6.07) is 15.8. The first-order chi connectivity index (χ1) is 15.3. The van der Waals surface area contributed by atoms with Crippen LogP contribution < -0.4 is 21.5 Å². The van der Waals surface area contributed by atoms with Crippen molar-refractivity contribution in [3.8, 4) is 10.4 Å². The van der Waals surface area contributed by atoms with Crippen LogP contribution in [0, 0.1) is 5.82 Å². The van der Waals surface area contributed by atoms with Crippen molar-refractivity contribution in [3.63, 3.8) is 0 Å². The van der Waals surface area contributed by atoms with Crippen LogP contribution in [0.1, 0.15) is 39.4 Å². The lowest BCUT2D eigenvalue weighted by atomic mass is 10.1. The molecule has 4 N–H and O–H groups in total. The van der Waals surface area contributed by atoms with Gasteiger partial charge in [0.05, 0.1) is 4.88 Å². The zero-order valence-electron chi connectivity index (χ0n) is 17.6. The second-order valence-electron chi connectivity index (χ2n) is 7.26. The number of carbonyl (C=O) groups is 3. The average Bonchev–Trinajstić information content (AvgIpc) is 3.26. The summed E-state index contributed by atoms with van der Waals surface area (Å²) in [7, 11) is 0. The third kappa shape index (κ3) is 6.39. The molecule has 32 heavy (non-hydrogen) atoms. The van der Waals surface area contributed by atoms with E-state index in [0.717, 1.165) is 16.0 Å². The highest BCUT2D eigenvalue weighted by Crippen LogP contribution is 2.28. The van der Waals surface area contributed by atoms with Crippen molar-refractivity contribution in [1.29, 1.82) is 0 Å². The van der Waals surface area contributed by atoms with Crippen LogP contribution in [0.5, 0.6) is 0 Å². The molecule has 4 amide bonds. The van der Waals surface area contributed by atoms with Crippen LogP contribution in [-0.4, -0.2) is 23.9 Å². The first-order valence-corrected chi connectivity index (χ1v) is 10.7. The minimum Gasteiger partial charge on any atom is -0.336 e. The number of halogens is 1. The Balaban J connectivity index is 1.50. The van der Waals surface area contributed by atoms with Gasteiger partial charge in [0.1, 0.15) is 5.82 Å². The summed E-state index contributed by atoms with van der Waals surface area (Å²) in [5.74, 6) is -1.24. The van der Waals surface area contributed by atoms with E-state index in [1.165, 1.54) is 23.5 Å². The van der Waals surface area contributed by atoms with Crippen LogP contribution in [0.3, 0.4) is 0 Å². The number of nitrogens with one attached hydrogen (secondary N) is 4. The van der Waals surface area contributed by atoms with Gasteiger partial charge in [0, 0.05) is 23.0 Å². The summed E-state index contributed by atoms with van der Waals surface area (Å²) >= 11 is 1.24. The quantitative estimate of drug-likeness (QED) is 0.426. The van der Waals surface area contributed by atoms with Crippen molar-refractivity contribution in [3.05, 3.63) is 82.5 Å². The van der Waals surface area contributed by atoms with E-state index in [0.29, 0.717) is 17.0 Å². The van der Waals surface area contributed by atoms with Gasteiger partial charge in [0.15, 0.2) is 0 Å². The number of benzene rings is 2. The van der Waals surface area contributed by atoms with E-state index in [1.807, 2.05) is 13.8 Å². The van der Waals surface area contributed by atoms with E-state index in [-0.39, 0.29) is 17.9 Å². The normalized spacial score (nSPS) is 10.5. The zero-order chi connectivity index (χ0) is 23.1. The molecular weight excluding hydrogens is 431 g/mol. The molecule has 9 heteroatoms. The number of hydrazine groups is 1. The van der Waals surface area contributed by atoms with Crippen LogP contribution >= 0.6 is 11.3 Å². The molecule has 2 aromatic carbocycles. The molecule has 0 unspecified atom stereocenters. The smallest absolute Gasteiger partial charge is 0.315 e. The molecule has 166 valence electrons. The van der Waals surface area contributed by atoms with E-state index in [2.05, 4.69) is 21.5 Å². The Hall–Kier alpha value is -3.72. The van der Waals surface area contributed by atoms with E-state index in [9.17, 15) is 18.8 Å². The lowest BCUT2D eigenvalue weighted by Crippen LogP contribution is -2.41. The molecule has 3 rings (SSSR count). The van der Waals surface area contributed by atoms with Gasteiger partial charge >= 0.3 is 6.03 Å². The van der Waals surface area contributed by atoms with Crippen LogP contribution in [0.2, 0.25) is 0 Å². The largest absolute Gasteiger partial charge is 0.336 e. The van der Waals surface area contributed by atoms with Crippen molar-refractivity contribution >= 4 is 29.2 Å². The molecule has 3 aromatic rings. The molecule has 1 heterocycles. The number of thiophene rings is 1. The van der Waals surface area contributed by atoms with Crippen molar-refractivity contribution < 1.29 is 18.8 Å². The van der Waals surface area contributed by atoms with Crippen molar-refractivity contribution in [2.45, 2.75) is 26.4 Å². The van der Waals surface area contributed by atoms with Gasteiger partial charge in [-0.2, -0.15) is 0 Å². The fourth-order valence-corrected chi connectivity index (χ4v) is 3.65. The van der Waals surface area contributed by atoms with Gasteiger partial charge in [-0.15, -0.1) is 11.3 Å². The molecule has 0 atom stereocenters. The second kappa shape index (κ2) is 10.5. The van der Waals surface area contributed by atoms with Crippen molar-refractivity contribution in [1.82, 2.24) is 21.5 Å². The van der Waals surface area contributed by atoms with Gasteiger partial charge < -0.3 is 10.6 Å². The maximum atomic E-state index is 13.1. The monoisotopic (exact) mass is 454 g/mol. The molecule has 0 aliphatic heterocycles. The molecule has 0 saturated carbocycles. The van der Waals surface area contributed by atoms with E-state index in [4.69, 9.17) is 0 Å². The molecule has 1 aromatic heterocycles. The lowest BCUT2D eigenvalue weighted by molar-refractivity contribution is 0.0849. The predicted molar refractivity (Wildman–Crippen MR) is 122 cm³/mol. The zero-order valence-corrected chi connectivity index (χ0v) is 18.4. The van der Waals surface area contributed by atoms with Gasteiger partial charge in [0.25, 0.3) is 11.8 Å². The summed E-state index contributed by atoms with van der Waals surface area (Å²) in [6.45, 7) is 4.06. The first-order valence-electron chi connectivity index (χ1n) is 9.91. The Morgan fingerprint density at radius 3 is 2.19 bits per heavy atom. The lowest BCUT2D eigenvalue weighted by Gasteiger charge is -2.10. The molecule has 0 spiro atoms. The Morgan fingerprint density at radius 2 is 1.53 bits per heavy atom. The summed E-state index contributed by atoms with van der Waals surface area (Å²) in [5, 5.41) is 5.46. The molecular formula is C23H23FN4O3S. The third-order valence-electron chi connectivity index (χ3n) is 4.34. The summed E-state index contributed by atoms with van der Waals surface area (Å²) in [6.07, 6.45) is 0. The average molecular weight is 455 g/mol. The Bertz CT molecular complexity index is 1100. The summed E-state index contributed by atoms with van der Waals surface area (Å²) in [5.41, 5.74) is 6.77. The predicted octanol–water partition coefficient (Wildman–Crippen LogP) is 3.84. The molecule has 0 bridgehead atoms. The van der Waals surface area contributed by atoms with Gasteiger partial charge in [-0.3, -0.25) is 20.4 Å². The van der Waals surface area contributed by atoms with Gasteiger partial charge in [-0.25, -0.2) is 9.18 Å². The topological polar surface area (TPSA) is 99.3 Å². The molecule has 0 radical (unpaired) electrons. The number of hydrogen-bond acceptors (Lipinski definition) is 4. The number of amides is 4. The van der Waals surface area contributed by atoms with E-state index in [1.54, 1.807) is 48.5 Å². The fraction of sp³-hybridized carbons (Fsp3) is 0.174. The standard InChI is InChI=1S/C23H23FN4O3S/c1-14(2)26-23(31)25-13-15-3-5-17(6-4-15)21(29)27-28-22(30)20-12-11-19(32-20)16-7-9-18(24)10-8-16/h3-12,14H,13H2,1-2H3,(H,27,29)(H,28,30)(H2,25,26,31). The van der Waals surface area contributed by atoms with Gasteiger partial charge in [-0.05, 0) is 61.4 Å². The second-order valence-corrected chi connectivity index (χ2v) is 8.34. The van der Waals surface area contributed by atoms with Crippen molar-refractivity contribution in [2.24, 2.45) is 0 Å². The number of carbonyl (C=O) groups excluding carboxylic acids is 3. The van der Waals surface area contributed by atoms with Gasteiger partial charge in [-0.1, -0.05) is 24.3 Å². The van der Waals surface area contributed by atoms with Crippen LogP contribution in [-0.2, 0) is 6.54 Å². The fourth-order valence-electron chi connectivity index (χ4n) is 2.75. The highest BCUT2D eigenvalue weighted by molar-refractivity contribution is 7.17. The Kier molecular flexibility index (Phi) is 7.56. The Labute approximate surface area is 189 Å². The number of rotatable bonds is 6. The highest BCUT2D eigenvalue weighted by Gasteiger charge is 2.12. The number of hydrogen-bond donors (Lipinski definition) is 4. The summed E-state index contributed by atoms with van der Waals surface area (Å²) < 4.78 is 13.1. The maximum Gasteiger partial charge on any atom is 0.315 e. The first kappa shape index (κ1) is 23.0. The molecule has 0 saturated heterocycles. The minimum atomic E-state index is -0.467. The van der Waals surface area contributed by atoms with E-state index < -0.39 is 11.8 Å². The SMILES string of the molecule is CC(C)NC(=O)NCc1ccc(C(=O)NNC(=O)c2ccc(-c3ccc(F)cc3)s2)cc1. The molecule has 0 aliphatic rings. The minimum absolute atomic E-state index is 0.0416. The molecule has 0 aliphatic carbocycles. The maximum absolute atomic E-state index is 13.1. The van der Waals surface area contributed by atoms with Crippen molar-refractivity contribution in [2.75, 3.05) is 0 Å². The summed E-state index contributed by atoms with van der Waals surface area (Å²) in [4.78, 5) is 37.5. The van der Waals surface area contributed by atoms with E-state index >= 15 is 0 Å². The number of urea groups is 1. The van der Waals surface area contributed by atoms with Gasteiger partial charge in [0.2, 0.25) is 0 Å². The van der Waals surface area contributed by atoms with Crippen LogP contribution in [0.4, 0.5) is 9.18 Å². The highest BCUT2D eigenvalue weighted by atomic mass is 32.1. The molecule has 7 nitrogen and oxygen atoms in total. The third-order valence-corrected chi connectivity index (χ3v) is 5.47.